The third kappa shape index (κ3) is 2.25. The largest absolute Gasteiger partial charge is 0.478 e. The van der Waals surface area contributed by atoms with E-state index in [0.29, 0.717) is 0 Å². The molecule has 1 aromatic rings. The van der Waals surface area contributed by atoms with E-state index in [1.54, 1.807) is 6.07 Å². The minimum Gasteiger partial charge on any atom is -0.478 e. The maximum Gasteiger partial charge on any atom is 0.337 e. The normalized spacial score (nSPS) is 9.62. The number of amides is 2. The lowest BCUT2D eigenvalue weighted by Gasteiger charge is -2.18. The molecule has 0 heterocycles. The lowest BCUT2D eigenvalue weighted by Crippen LogP contribution is -2.34. The van der Waals surface area contributed by atoms with Gasteiger partial charge < -0.3 is 5.11 Å². The molecule has 0 atom stereocenters. The van der Waals surface area contributed by atoms with Gasteiger partial charge in [0, 0.05) is 13.8 Å². The highest BCUT2D eigenvalue weighted by Crippen LogP contribution is 2.20. The monoisotopic (exact) mass is 221 g/mol. The summed E-state index contributed by atoms with van der Waals surface area (Å²) in [6, 6.07) is 5.87. The number of benzene rings is 1. The van der Waals surface area contributed by atoms with Crippen LogP contribution in [-0.2, 0) is 9.59 Å². The molecule has 84 valence electrons. The van der Waals surface area contributed by atoms with Crippen LogP contribution in [0.25, 0.3) is 0 Å². The Hall–Kier alpha value is -2.17. The van der Waals surface area contributed by atoms with Gasteiger partial charge in [0.2, 0.25) is 11.8 Å². The van der Waals surface area contributed by atoms with Gasteiger partial charge >= 0.3 is 5.97 Å². The molecule has 0 saturated carbocycles. The molecule has 0 radical (unpaired) electrons. The number of carbonyl (C=O) groups is 3. The average Bonchev–Trinajstić information content (AvgIpc) is 2.17. The quantitative estimate of drug-likeness (QED) is 0.816. The number of hydrogen-bond acceptors (Lipinski definition) is 3. The van der Waals surface area contributed by atoms with Crippen LogP contribution in [0.3, 0.4) is 0 Å². The lowest BCUT2D eigenvalue weighted by molar-refractivity contribution is -0.124. The molecule has 0 aliphatic heterocycles. The minimum atomic E-state index is -1.18. The Labute approximate surface area is 92.3 Å². The molecule has 1 rings (SSSR count). The number of carboxylic acids is 1. The molecule has 16 heavy (non-hydrogen) atoms. The summed E-state index contributed by atoms with van der Waals surface area (Å²) in [5.74, 6) is -2.20. The van der Waals surface area contributed by atoms with Crippen molar-refractivity contribution in [3.63, 3.8) is 0 Å². The Balaban J connectivity index is 3.35. The van der Waals surface area contributed by atoms with Gasteiger partial charge in [0.05, 0.1) is 11.3 Å². The van der Waals surface area contributed by atoms with E-state index in [-0.39, 0.29) is 11.3 Å². The van der Waals surface area contributed by atoms with Crippen LogP contribution in [0, 0.1) is 0 Å². The summed E-state index contributed by atoms with van der Waals surface area (Å²) >= 11 is 0. The van der Waals surface area contributed by atoms with Crippen molar-refractivity contribution in [2.75, 3.05) is 4.90 Å². The van der Waals surface area contributed by atoms with Crippen molar-refractivity contribution in [3.05, 3.63) is 29.8 Å². The third-order valence-electron chi connectivity index (χ3n) is 2.01. The van der Waals surface area contributed by atoms with Crippen molar-refractivity contribution in [3.8, 4) is 0 Å². The van der Waals surface area contributed by atoms with Crippen LogP contribution in [-0.4, -0.2) is 22.9 Å². The van der Waals surface area contributed by atoms with Crippen molar-refractivity contribution in [2.45, 2.75) is 13.8 Å². The fraction of sp³-hybridized carbons (Fsp3) is 0.182. The van der Waals surface area contributed by atoms with Crippen molar-refractivity contribution >= 4 is 23.5 Å². The first kappa shape index (κ1) is 11.9. The molecule has 0 fully saturated rings. The third-order valence-corrected chi connectivity index (χ3v) is 2.01. The first-order valence-corrected chi connectivity index (χ1v) is 4.58. The van der Waals surface area contributed by atoms with Crippen LogP contribution < -0.4 is 4.90 Å². The molecule has 2 amide bonds. The molecule has 0 aliphatic carbocycles. The molecule has 0 aromatic heterocycles. The van der Waals surface area contributed by atoms with Crippen molar-refractivity contribution in [1.82, 2.24) is 0 Å². The van der Waals surface area contributed by atoms with E-state index in [0.717, 1.165) is 4.90 Å². The average molecular weight is 221 g/mol. The molecule has 0 spiro atoms. The zero-order valence-electron chi connectivity index (χ0n) is 8.93. The molecule has 1 aromatic carbocycles. The molecule has 0 bridgehead atoms. The van der Waals surface area contributed by atoms with Gasteiger partial charge in [0.1, 0.15) is 0 Å². The number of anilines is 1. The molecule has 5 nitrogen and oxygen atoms in total. The summed E-state index contributed by atoms with van der Waals surface area (Å²) in [6.07, 6.45) is 0. The van der Waals surface area contributed by atoms with E-state index >= 15 is 0 Å². The number of para-hydroxylation sites is 1. The van der Waals surface area contributed by atoms with Gasteiger partial charge in [-0.05, 0) is 12.1 Å². The van der Waals surface area contributed by atoms with E-state index in [1.165, 1.54) is 32.0 Å². The smallest absolute Gasteiger partial charge is 0.337 e. The second kappa shape index (κ2) is 4.57. The highest BCUT2D eigenvalue weighted by molar-refractivity contribution is 6.16. The van der Waals surface area contributed by atoms with Crippen LogP contribution in [0.2, 0.25) is 0 Å². The Kier molecular flexibility index (Phi) is 3.40. The van der Waals surface area contributed by atoms with Gasteiger partial charge in [0.25, 0.3) is 0 Å². The second-order valence-electron chi connectivity index (χ2n) is 3.20. The topological polar surface area (TPSA) is 74.7 Å². The number of rotatable bonds is 2. The number of imide groups is 1. The van der Waals surface area contributed by atoms with E-state index in [4.69, 9.17) is 5.11 Å². The van der Waals surface area contributed by atoms with Gasteiger partial charge in [-0.3, -0.25) is 14.5 Å². The maximum atomic E-state index is 11.3. The molecule has 0 saturated heterocycles. The van der Waals surface area contributed by atoms with E-state index in [2.05, 4.69) is 0 Å². The lowest BCUT2D eigenvalue weighted by atomic mass is 10.1. The number of aromatic carboxylic acids is 1. The predicted octanol–water partition coefficient (Wildman–Crippen LogP) is 1.28. The Bertz CT molecular complexity index is 439. The maximum absolute atomic E-state index is 11.3. The van der Waals surface area contributed by atoms with E-state index in [9.17, 15) is 14.4 Å². The first-order valence-electron chi connectivity index (χ1n) is 4.58. The Morgan fingerprint density at radius 3 is 2.00 bits per heavy atom. The Morgan fingerprint density at radius 2 is 1.56 bits per heavy atom. The van der Waals surface area contributed by atoms with Crippen LogP contribution in [0.1, 0.15) is 24.2 Å². The van der Waals surface area contributed by atoms with Gasteiger partial charge in [-0.1, -0.05) is 12.1 Å². The van der Waals surface area contributed by atoms with Crippen LogP contribution in [0.15, 0.2) is 24.3 Å². The van der Waals surface area contributed by atoms with Gasteiger partial charge in [0.15, 0.2) is 0 Å². The van der Waals surface area contributed by atoms with Crippen molar-refractivity contribution in [1.29, 1.82) is 0 Å². The summed E-state index contributed by atoms with van der Waals surface area (Å²) in [5.41, 5.74) is 0.0166. The molecule has 0 unspecified atom stereocenters. The second-order valence-corrected chi connectivity index (χ2v) is 3.20. The van der Waals surface area contributed by atoms with Crippen LogP contribution in [0.4, 0.5) is 5.69 Å². The summed E-state index contributed by atoms with van der Waals surface area (Å²) < 4.78 is 0. The highest BCUT2D eigenvalue weighted by Gasteiger charge is 2.21. The molecule has 0 aliphatic rings. The minimum absolute atomic E-state index is 0.0760. The zero-order valence-corrected chi connectivity index (χ0v) is 8.93. The summed E-state index contributed by atoms with van der Waals surface area (Å²) in [6.45, 7) is 2.42. The molecular weight excluding hydrogens is 210 g/mol. The highest BCUT2D eigenvalue weighted by atomic mass is 16.4. The van der Waals surface area contributed by atoms with Gasteiger partial charge in [-0.25, -0.2) is 4.79 Å². The van der Waals surface area contributed by atoms with Gasteiger partial charge in [-0.15, -0.1) is 0 Å². The van der Waals surface area contributed by atoms with E-state index < -0.39 is 17.8 Å². The molecular formula is C11H11NO4. The number of nitrogens with zero attached hydrogens (tertiary/aromatic N) is 1. The van der Waals surface area contributed by atoms with Gasteiger partial charge in [-0.2, -0.15) is 0 Å². The van der Waals surface area contributed by atoms with Crippen LogP contribution >= 0.6 is 0 Å². The summed E-state index contributed by atoms with van der Waals surface area (Å²) in [7, 11) is 0. The SMILES string of the molecule is CC(=O)N(C(C)=O)c1ccccc1C(=O)O. The molecule has 5 heteroatoms. The fourth-order valence-electron chi connectivity index (χ4n) is 1.41. The first-order chi connectivity index (χ1) is 7.45. The number of carboxylic acid groups (broad SMARTS) is 1. The van der Waals surface area contributed by atoms with E-state index in [1.807, 2.05) is 0 Å². The summed E-state index contributed by atoms with van der Waals surface area (Å²) in [5, 5.41) is 8.93. The van der Waals surface area contributed by atoms with Crippen LogP contribution in [0.5, 0.6) is 0 Å². The standard InChI is InChI=1S/C11H11NO4/c1-7(13)12(8(2)14)10-6-4-3-5-9(10)11(15)16/h3-6H,1-2H3,(H,15,16). The summed E-state index contributed by atoms with van der Waals surface area (Å²) in [4.78, 5) is 34.3. The molecule has 1 N–H and O–H groups in total. The van der Waals surface area contributed by atoms with Crippen molar-refractivity contribution < 1.29 is 19.5 Å². The Morgan fingerprint density at radius 1 is 1.06 bits per heavy atom. The number of hydrogen-bond donors (Lipinski definition) is 1. The predicted molar refractivity (Wildman–Crippen MR) is 57.2 cm³/mol. The fourth-order valence-corrected chi connectivity index (χ4v) is 1.41. The zero-order chi connectivity index (χ0) is 12.3. The van der Waals surface area contributed by atoms with Crippen molar-refractivity contribution in [2.24, 2.45) is 0 Å². The number of carbonyl (C=O) groups excluding carboxylic acids is 2.